The lowest BCUT2D eigenvalue weighted by Crippen LogP contribution is -2.29. The summed E-state index contributed by atoms with van der Waals surface area (Å²) in [6.45, 7) is 5.01. The van der Waals surface area contributed by atoms with E-state index in [1.54, 1.807) is 38.5 Å². The van der Waals surface area contributed by atoms with Gasteiger partial charge in [-0.2, -0.15) is 0 Å². The molecule has 3 rings (SSSR count). The third kappa shape index (κ3) is 2.25. The molecule has 3 fully saturated rings. The summed E-state index contributed by atoms with van der Waals surface area (Å²) in [6, 6.07) is 0. The first-order chi connectivity index (χ1) is 8.81. The monoisotopic (exact) mass is 248 g/mol. The summed E-state index contributed by atoms with van der Waals surface area (Å²) < 4.78 is 0. The van der Waals surface area contributed by atoms with Gasteiger partial charge in [0.1, 0.15) is 0 Å². The summed E-state index contributed by atoms with van der Waals surface area (Å²) in [5.41, 5.74) is 0. The van der Waals surface area contributed by atoms with Gasteiger partial charge in [-0.05, 0) is 48.3 Å². The largest absolute Gasteiger partial charge is 0.0651 e. The zero-order valence-corrected chi connectivity index (χ0v) is 12.5. The highest BCUT2D eigenvalue weighted by Gasteiger charge is 2.45. The van der Waals surface area contributed by atoms with E-state index in [1.807, 2.05) is 0 Å². The summed E-state index contributed by atoms with van der Waals surface area (Å²) in [5, 5.41) is 0. The van der Waals surface area contributed by atoms with E-state index >= 15 is 0 Å². The van der Waals surface area contributed by atoms with Crippen molar-refractivity contribution in [2.75, 3.05) is 0 Å². The highest BCUT2D eigenvalue weighted by molar-refractivity contribution is 4.95. The topological polar surface area (TPSA) is 0 Å². The fraction of sp³-hybridized carbons (Fsp3) is 1.00. The van der Waals surface area contributed by atoms with Crippen molar-refractivity contribution in [3.05, 3.63) is 0 Å². The molecule has 0 bridgehead atoms. The molecule has 3 aliphatic carbocycles. The van der Waals surface area contributed by atoms with Crippen LogP contribution in [0.1, 0.15) is 78.1 Å². The molecule has 104 valence electrons. The minimum absolute atomic E-state index is 1.03. The molecule has 0 nitrogen and oxygen atoms in total. The molecule has 0 N–H and O–H groups in total. The van der Waals surface area contributed by atoms with E-state index in [0.717, 1.165) is 35.5 Å². The van der Waals surface area contributed by atoms with Crippen LogP contribution >= 0.6 is 0 Å². The zero-order chi connectivity index (χ0) is 12.5. The van der Waals surface area contributed by atoms with Gasteiger partial charge < -0.3 is 0 Å². The maximum atomic E-state index is 2.57. The Morgan fingerprint density at radius 2 is 1.56 bits per heavy atom. The molecule has 0 aliphatic heterocycles. The number of hydrogen-bond acceptors (Lipinski definition) is 0. The first-order valence-corrected chi connectivity index (χ1v) is 8.81. The Kier molecular flexibility index (Phi) is 4.01. The van der Waals surface area contributed by atoms with E-state index in [9.17, 15) is 0 Å². The smallest absolute Gasteiger partial charge is 0.0326 e. The van der Waals surface area contributed by atoms with E-state index in [0.29, 0.717) is 0 Å². The van der Waals surface area contributed by atoms with Crippen molar-refractivity contribution >= 4 is 0 Å². The molecule has 18 heavy (non-hydrogen) atoms. The first kappa shape index (κ1) is 13.0. The van der Waals surface area contributed by atoms with Crippen molar-refractivity contribution in [2.24, 2.45) is 35.5 Å². The Morgan fingerprint density at radius 3 is 2.28 bits per heavy atom. The van der Waals surface area contributed by atoms with Crippen LogP contribution in [0.2, 0.25) is 0 Å². The number of hydrogen-bond donors (Lipinski definition) is 0. The van der Waals surface area contributed by atoms with Gasteiger partial charge >= 0.3 is 0 Å². The molecule has 0 aromatic rings. The molecule has 0 spiro atoms. The van der Waals surface area contributed by atoms with Crippen LogP contribution < -0.4 is 0 Å². The summed E-state index contributed by atoms with van der Waals surface area (Å²) in [4.78, 5) is 0. The first-order valence-electron chi connectivity index (χ1n) is 8.81. The van der Waals surface area contributed by atoms with E-state index in [4.69, 9.17) is 0 Å². The minimum Gasteiger partial charge on any atom is -0.0651 e. The summed E-state index contributed by atoms with van der Waals surface area (Å²) in [7, 11) is 0. The van der Waals surface area contributed by atoms with Gasteiger partial charge in [0.05, 0.1) is 0 Å². The third-order valence-corrected chi connectivity index (χ3v) is 6.85. The molecule has 3 aliphatic rings. The standard InChI is InChI=1S/C18H32/c1-3-14-9-6-10-16(14)18-13(2)11-12-17(18)15-7-4-5-8-15/h13-18H,3-12H2,1-2H3. The normalized spacial score (nSPS) is 46.0. The Labute approximate surface area is 114 Å². The van der Waals surface area contributed by atoms with Gasteiger partial charge in [-0.25, -0.2) is 0 Å². The molecule has 5 unspecified atom stereocenters. The zero-order valence-electron chi connectivity index (χ0n) is 12.5. The Hall–Kier alpha value is 0. The van der Waals surface area contributed by atoms with Crippen molar-refractivity contribution in [3.8, 4) is 0 Å². The summed E-state index contributed by atoms with van der Waals surface area (Å²) in [5.74, 6) is 6.59. The fourth-order valence-electron chi connectivity index (χ4n) is 6.02. The van der Waals surface area contributed by atoms with Crippen LogP contribution in [-0.4, -0.2) is 0 Å². The second-order valence-electron chi connectivity index (χ2n) is 7.60. The summed E-state index contributed by atoms with van der Waals surface area (Å²) in [6.07, 6.45) is 15.4. The van der Waals surface area contributed by atoms with Gasteiger partial charge in [0.15, 0.2) is 0 Å². The quantitative estimate of drug-likeness (QED) is 0.604. The van der Waals surface area contributed by atoms with Crippen LogP contribution in [0.15, 0.2) is 0 Å². The molecule has 0 radical (unpaired) electrons. The highest BCUT2D eigenvalue weighted by atomic mass is 14.5. The van der Waals surface area contributed by atoms with E-state index < -0.39 is 0 Å². The lowest BCUT2D eigenvalue weighted by atomic mass is 9.70. The maximum Gasteiger partial charge on any atom is -0.0326 e. The van der Waals surface area contributed by atoms with Gasteiger partial charge in [-0.15, -0.1) is 0 Å². The van der Waals surface area contributed by atoms with Crippen LogP contribution in [0, 0.1) is 35.5 Å². The second-order valence-corrected chi connectivity index (χ2v) is 7.60. The van der Waals surface area contributed by atoms with Gasteiger partial charge in [0.2, 0.25) is 0 Å². The maximum absolute atomic E-state index is 2.57. The molecule has 0 heterocycles. The van der Waals surface area contributed by atoms with E-state index in [-0.39, 0.29) is 0 Å². The third-order valence-electron chi connectivity index (χ3n) is 6.85. The van der Waals surface area contributed by atoms with Crippen molar-refractivity contribution < 1.29 is 0 Å². The predicted octanol–water partition coefficient (Wildman–Crippen LogP) is 5.67. The van der Waals surface area contributed by atoms with E-state index in [1.165, 1.54) is 25.7 Å². The molecule has 0 amide bonds. The molecule has 3 saturated carbocycles. The fourth-order valence-corrected chi connectivity index (χ4v) is 6.02. The predicted molar refractivity (Wildman–Crippen MR) is 78.5 cm³/mol. The van der Waals surface area contributed by atoms with Crippen molar-refractivity contribution in [1.29, 1.82) is 0 Å². The molecule has 5 atom stereocenters. The van der Waals surface area contributed by atoms with Gasteiger partial charge in [0, 0.05) is 0 Å². The van der Waals surface area contributed by atoms with Crippen LogP contribution in [0.4, 0.5) is 0 Å². The molecule has 0 aromatic heterocycles. The van der Waals surface area contributed by atoms with Gasteiger partial charge in [0.25, 0.3) is 0 Å². The molecule has 0 aromatic carbocycles. The lowest BCUT2D eigenvalue weighted by Gasteiger charge is -2.35. The van der Waals surface area contributed by atoms with Crippen molar-refractivity contribution in [1.82, 2.24) is 0 Å². The molecular formula is C18H32. The van der Waals surface area contributed by atoms with Crippen molar-refractivity contribution in [3.63, 3.8) is 0 Å². The van der Waals surface area contributed by atoms with Gasteiger partial charge in [-0.3, -0.25) is 0 Å². The average Bonchev–Trinajstić information content (AvgIpc) is 3.07. The van der Waals surface area contributed by atoms with E-state index in [2.05, 4.69) is 13.8 Å². The lowest BCUT2D eigenvalue weighted by molar-refractivity contribution is 0.130. The Bertz CT molecular complexity index is 263. The Balaban J connectivity index is 1.74. The van der Waals surface area contributed by atoms with Crippen molar-refractivity contribution in [2.45, 2.75) is 78.1 Å². The van der Waals surface area contributed by atoms with Crippen LogP contribution in [0.3, 0.4) is 0 Å². The Morgan fingerprint density at radius 1 is 0.778 bits per heavy atom. The average molecular weight is 248 g/mol. The molecule has 0 saturated heterocycles. The highest BCUT2D eigenvalue weighted by Crippen LogP contribution is 2.54. The molecular weight excluding hydrogens is 216 g/mol. The minimum atomic E-state index is 1.03. The summed E-state index contributed by atoms with van der Waals surface area (Å²) >= 11 is 0. The second kappa shape index (κ2) is 5.55. The van der Waals surface area contributed by atoms with Crippen LogP contribution in [-0.2, 0) is 0 Å². The van der Waals surface area contributed by atoms with Crippen LogP contribution in [0.5, 0.6) is 0 Å². The SMILES string of the molecule is CCC1CCCC1C1C(C)CCC1C1CCCC1. The van der Waals surface area contributed by atoms with Gasteiger partial charge in [-0.1, -0.05) is 65.2 Å². The number of rotatable bonds is 3. The van der Waals surface area contributed by atoms with Crippen LogP contribution in [0.25, 0.3) is 0 Å². The molecule has 0 heteroatoms.